The van der Waals surface area contributed by atoms with Gasteiger partial charge < -0.3 is 5.32 Å². The fraction of sp³-hybridized carbons (Fsp3) is 0.389. The smallest absolute Gasteiger partial charge is 0.223 e. The molecule has 1 N–H and O–H groups in total. The van der Waals surface area contributed by atoms with Gasteiger partial charge in [0.05, 0.1) is 0 Å². The zero-order chi connectivity index (χ0) is 17.8. The van der Waals surface area contributed by atoms with E-state index in [-0.39, 0.29) is 5.91 Å². The number of carbonyl (C=O) groups excluding carboxylic acids is 1. The van der Waals surface area contributed by atoms with Gasteiger partial charge in [-0.25, -0.2) is 9.97 Å². The summed E-state index contributed by atoms with van der Waals surface area (Å²) >= 11 is 1.52. The minimum atomic E-state index is -0.450. The van der Waals surface area contributed by atoms with Crippen LogP contribution in [-0.4, -0.2) is 33.4 Å². The van der Waals surface area contributed by atoms with Crippen molar-refractivity contribution in [1.29, 1.82) is 0 Å². The van der Waals surface area contributed by atoms with Crippen LogP contribution in [0.3, 0.4) is 0 Å². The number of halogens is 1. The van der Waals surface area contributed by atoms with E-state index in [1.54, 1.807) is 12.3 Å². The highest BCUT2D eigenvalue weighted by Gasteiger charge is 2.22. The van der Waals surface area contributed by atoms with Crippen molar-refractivity contribution in [1.82, 2.24) is 14.9 Å². The number of hydrogen-bond donors (Lipinski definition) is 1. The van der Waals surface area contributed by atoms with Crippen molar-refractivity contribution in [3.8, 4) is 0 Å². The first-order chi connectivity index (χ1) is 12.0. The van der Waals surface area contributed by atoms with Crippen LogP contribution < -0.4 is 5.32 Å². The highest BCUT2D eigenvalue weighted by molar-refractivity contribution is 7.15. The van der Waals surface area contributed by atoms with Crippen LogP contribution in [0.5, 0.6) is 0 Å². The van der Waals surface area contributed by atoms with E-state index < -0.39 is 5.95 Å². The summed E-state index contributed by atoms with van der Waals surface area (Å²) in [6.07, 6.45) is 7.48. The van der Waals surface area contributed by atoms with E-state index in [0.29, 0.717) is 11.2 Å². The van der Waals surface area contributed by atoms with Gasteiger partial charge in [0.2, 0.25) is 11.9 Å². The summed E-state index contributed by atoms with van der Waals surface area (Å²) in [5.74, 6) is -0.550. The molecular formula is C18H21FN4OS. The molecule has 3 heterocycles. The summed E-state index contributed by atoms with van der Waals surface area (Å²) in [7, 11) is 0. The molecule has 0 aromatic carbocycles. The Morgan fingerprint density at radius 2 is 2.28 bits per heavy atom. The Labute approximate surface area is 150 Å². The summed E-state index contributed by atoms with van der Waals surface area (Å²) in [5, 5.41) is 3.37. The Balaban J connectivity index is 1.59. The van der Waals surface area contributed by atoms with Crippen LogP contribution in [0.2, 0.25) is 0 Å². The predicted octanol–water partition coefficient (Wildman–Crippen LogP) is 3.70. The molecule has 0 saturated carbocycles. The predicted molar refractivity (Wildman–Crippen MR) is 97.7 cm³/mol. The molecule has 2 aromatic rings. The van der Waals surface area contributed by atoms with Gasteiger partial charge in [0.25, 0.3) is 0 Å². The van der Waals surface area contributed by atoms with E-state index >= 15 is 0 Å². The molecule has 7 heteroatoms. The molecule has 0 unspecified atom stereocenters. The normalized spacial score (nSPS) is 20.0. The maximum absolute atomic E-state index is 12.9. The van der Waals surface area contributed by atoms with Crippen molar-refractivity contribution < 1.29 is 9.18 Å². The van der Waals surface area contributed by atoms with Crippen LogP contribution in [-0.2, 0) is 11.3 Å². The first-order valence-electron chi connectivity index (χ1n) is 8.27. The van der Waals surface area contributed by atoms with Gasteiger partial charge in [-0.05, 0) is 37.5 Å². The van der Waals surface area contributed by atoms with Gasteiger partial charge in [0, 0.05) is 43.3 Å². The molecule has 0 radical (unpaired) electrons. The lowest BCUT2D eigenvalue weighted by atomic mass is 9.96. The largest absolute Gasteiger partial charge is 0.302 e. The molecule has 1 atom stereocenters. The van der Waals surface area contributed by atoms with E-state index in [2.05, 4.69) is 33.2 Å². The van der Waals surface area contributed by atoms with Crippen molar-refractivity contribution in [2.45, 2.75) is 39.3 Å². The third-order valence-corrected chi connectivity index (χ3v) is 5.12. The van der Waals surface area contributed by atoms with Crippen molar-refractivity contribution in [2.24, 2.45) is 0 Å². The van der Waals surface area contributed by atoms with Crippen molar-refractivity contribution in [2.75, 3.05) is 11.9 Å². The minimum Gasteiger partial charge on any atom is -0.302 e. The highest BCUT2D eigenvalue weighted by Crippen LogP contribution is 2.27. The number of likely N-dealkylation sites (tertiary alicyclic amines) is 1. The number of amides is 1. The first-order valence-corrected chi connectivity index (χ1v) is 9.08. The Bertz CT molecular complexity index is 772. The van der Waals surface area contributed by atoms with Crippen LogP contribution in [0.1, 0.15) is 37.1 Å². The monoisotopic (exact) mass is 360 g/mol. The topological polar surface area (TPSA) is 58.1 Å². The summed E-state index contributed by atoms with van der Waals surface area (Å²) in [5.41, 5.74) is 2.31. The number of thiazole rings is 1. The summed E-state index contributed by atoms with van der Waals surface area (Å²) in [6.45, 7) is 5.50. The standard InChI is InChI=1S/C18H21FN4OS/c1-12-7-14(8-15-3-4-17(19)20-9-15)5-6-23(12)11-16-10-21-18(25-16)22-13(2)24/h3-4,8-10,12H,5-7,11H2,1-2H3,(H,21,22,24)/b14-8+/t12-/m1/s1. The number of carbonyl (C=O) groups is 1. The molecule has 1 fully saturated rings. The SMILES string of the molecule is CC(=O)Nc1ncc(CN2CC/C(=C\c3ccc(F)nc3)C[C@H]2C)s1. The maximum atomic E-state index is 12.9. The lowest BCUT2D eigenvalue weighted by Gasteiger charge is -2.34. The van der Waals surface area contributed by atoms with E-state index in [9.17, 15) is 9.18 Å². The number of anilines is 1. The molecule has 1 aliphatic heterocycles. The second-order valence-electron chi connectivity index (χ2n) is 6.30. The zero-order valence-corrected chi connectivity index (χ0v) is 15.1. The minimum absolute atomic E-state index is 0.0997. The van der Waals surface area contributed by atoms with E-state index in [4.69, 9.17) is 0 Å². The van der Waals surface area contributed by atoms with Crippen molar-refractivity contribution in [3.05, 3.63) is 46.5 Å². The number of piperidine rings is 1. The number of hydrogen-bond acceptors (Lipinski definition) is 5. The lowest BCUT2D eigenvalue weighted by molar-refractivity contribution is -0.114. The van der Waals surface area contributed by atoms with Gasteiger partial charge >= 0.3 is 0 Å². The van der Waals surface area contributed by atoms with E-state index in [1.807, 2.05) is 6.20 Å². The number of nitrogens with one attached hydrogen (secondary N) is 1. The zero-order valence-electron chi connectivity index (χ0n) is 14.3. The first kappa shape index (κ1) is 17.7. The Hall–Kier alpha value is -2.12. The van der Waals surface area contributed by atoms with E-state index in [1.165, 1.54) is 29.9 Å². The van der Waals surface area contributed by atoms with Crippen LogP contribution in [0, 0.1) is 5.95 Å². The fourth-order valence-electron chi connectivity index (χ4n) is 2.98. The average molecular weight is 360 g/mol. The summed E-state index contributed by atoms with van der Waals surface area (Å²) < 4.78 is 12.9. The van der Waals surface area contributed by atoms with Gasteiger partial charge in [-0.1, -0.05) is 11.6 Å². The molecule has 2 aromatic heterocycles. The highest BCUT2D eigenvalue weighted by atomic mass is 32.1. The third kappa shape index (κ3) is 4.93. The Kier molecular flexibility index (Phi) is 5.55. The Morgan fingerprint density at radius 1 is 1.44 bits per heavy atom. The summed E-state index contributed by atoms with van der Waals surface area (Å²) in [6, 6.07) is 3.56. The van der Waals surface area contributed by atoms with Gasteiger partial charge in [0.1, 0.15) is 0 Å². The van der Waals surface area contributed by atoms with Gasteiger partial charge in [0.15, 0.2) is 5.13 Å². The molecule has 25 heavy (non-hydrogen) atoms. The molecule has 3 rings (SSSR count). The van der Waals surface area contributed by atoms with Gasteiger partial charge in [-0.15, -0.1) is 11.3 Å². The van der Waals surface area contributed by atoms with Crippen molar-refractivity contribution in [3.63, 3.8) is 0 Å². The molecule has 1 saturated heterocycles. The van der Waals surface area contributed by atoms with Gasteiger partial charge in [-0.3, -0.25) is 9.69 Å². The summed E-state index contributed by atoms with van der Waals surface area (Å²) in [4.78, 5) is 22.6. The quantitative estimate of drug-likeness (QED) is 0.845. The third-order valence-electron chi connectivity index (χ3n) is 4.22. The fourth-order valence-corrected chi connectivity index (χ4v) is 3.87. The Morgan fingerprint density at radius 3 is 2.96 bits per heavy atom. The molecular weight excluding hydrogens is 339 g/mol. The molecule has 1 amide bonds. The average Bonchev–Trinajstić information content (AvgIpc) is 2.98. The van der Waals surface area contributed by atoms with E-state index in [0.717, 1.165) is 36.4 Å². The number of rotatable bonds is 4. The van der Waals surface area contributed by atoms with Crippen LogP contribution >= 0.6 is 11.3 Å². The molecule has 1 aliphatic rings. The number of aromatic nitrogens is 2. The maximum Gasteiger partial charge on any atom is 0.223 e. The van der Waals surface area contributed by atoms with Crippen LogP contribution in [0.15, 0.2) is 30.1 Å². The van der Waals surface area contributed by atoms with Crippen molar-refractivity contribution >= 4 is 28.5 Å². The van der Waals surface area contributed by atoms with Crippen LogP contribution in [0.25, 0.3) is 6.08 Å². The molecule has 0 bridgehead atoms. The molecule has 0 aliphatic carbocycles. The molecule has 5 nitrogen and oxygen atoms in total. The van der Waals surface area contributed by atoms with Crippen LogP contribution in [0.4, 0.5) is 9.52 Å². The second-order valence-corrected chi connectivity index (χ2v) is 7.42. The van der Waals surface area contributed by atoms with Gasteiger partial charge in [-0.2, -0.15) is 4.39 Å². The molecule has 0 spiro atoms. The number of pyridine rings is 1. The lowest BCUT2D eigenvalue weighted by Crippen LogP contribution is -2.37. The number of nitrogens with zero attached hydrogens (tertiary/aromatic N) is 3. The molecule has 132 valence electrons. The second kappa shape index (κ2) is 7.84.